The van der Waals surface area contributed by atoms with Crippen molar-refractivity contribution >= 4 is 23.6 Å². The first-order valence-corrected chi connectivity index (χ1v) is 6.61. The van der Waals surface area contributed by atoms with E-state index in [9.17, 15) is 9.59 Å². The van der Waals surface area contributed by atoms with E-state index in [1.54, 1.807) is 11.8 Å². The lowest BCUT2D eigenvalue weighted by atomic mass is 10.2. The van der Waals surface area contributed by atoms with Gasteiger partial charge in [0.1, 0.15) is 5.69 Å². The number of amides is 1. The molecule has 0 unspecified atom stereocenters. The first kappa shape index (κ1) is 14.5. The van der Waals surface area contributed by atoms with Crippen LogP contribution >= 0.6 is 11.8 Å². The number of hydrogen-bond acceptors (Lipinski definition) is 4. The maximum absolute atomic E-state index is 11.8. The molecule has 0 aliphatic heterocycles. The molecule has 0 aromatic carbocycles. The summed E-state index contributed by atoms with van der Waals surface area (Å²) in [5.74, 6) is -1.35. The molecule has 0 aliphatic rings. The van der Waals surface area contributed by atoms with Gasteiger partial charge in [-0.3, -0.25) is 9.78 Å². The molecule has 1 amide bonds. The van der Waals surface area contributed by atoms with Gasteiger partial charge in [0.15, 0.2) is 0 Å². The number of aromatic nitrogens is 1. The molecule has 1 aromatic rings. The molecule has 1 rings (SSSR count). The molecule has 6 heteroatoms. The number of pyridine rings is 1. The van der Waals surface area contributed by atoms with E-state index in [1.807, 2.05) is 20.1 Å². The molecular weight excluding hydrogens is 252 g/mol. The number of carbonyl (C=O) groups is 2. The summed E-state index contributed by atoms with van der Waals surface area (Å²) < 4.78 is -0.0450. The molecule has 1 aromatic heterocycles. The lowest BCUT2D eigenvalue weighted by molar-refractivity contribution is 0.0695. The van der Waals surface area contributed by atoms with E-state index in [4.69, 9.17) is 5.11 Å². The van der Waals surface area contributed by atoms with Crippen LogP contribution in [0.15, 0.2) is 18.3 Å². The monoisotopic (exact) mass is 268 g/mol. The minimum atomic E-state index is -1.06. The highest BCUT2D eigenvalue weighted by atomic mass is 32.2. The molecule has 18 heavy (non-hydrogen) atoms. The van der Waals surface area contributed by atoms with Gasteiger partial charge in [-0.25, -0.2) is 4.79 Å². The van der Waals surface area contributed by atoms with E-state index in [0.29, 0.717) is 6.54 Å². The Hall–Kier alpha value is -1.56. The van der Waals surface area contributed by atoms with E-state index in [0.717, 1.165) is 0 Å². The smallest absolute Gasteiger partial charge is 0.337 e. The average Bonchev–Trinajstić information content (AvgIpc) is 2.36. The molecule has 0 aliphatic carbocycles. The van der Waals surface area contributed by atoms with Crippen LogP contribution in [0.25, 0.3) is 0 Å². The van der Waals surface area contributed by atoms with Crippen molar-refractivity contribution in [1.82, 2.24) is 10.3 Å². The summed E-state index contributed by atoms with van der Waals surface area (Å²) in [5.41, 5.74) is 0.285. The van der Waals surface area contributed by atoms with Crippen molar-refractivity contribution in [3.63, 3.8) is 0 Å². The zero-order chi connectivity index (χ0) is 13.8. The van der Waals surface area contributed by atoms with Crippen LogP contribution in [0.5, 0.6) is 0 Å². The predicted octanol–water partition coefficient (Wildman–Crippen LogP) is 1.65. The fourth-order valence-electron chi connectivity index (χ4n) is 1.11. The zero-order valence-electron chi connectivity index (χ0n) is 10.6. The van der Waals surface area contributed by atoms with Gasteiger partial charge in [-0.15, -0.1) is 0 Å². The van der Waals surface area contributed by atoms with Crippen LogP contribution in [0, 0.1) is 0 Å². The molecule has 2 N–H and O–H groups in total. The van der Waals surface area contributed by atoms with Crippen LogP contribution in [-0.4, -0.2) is 39.5 Å². The molecular formula is C12H16N2O3S. The predicted molar refractivity (Wildman–Crippen MR) is 71.1 cm³/mol. The zero-order valence-corrected chi connectivity index (χ0v) is 11.4. The van der Waals surface area contributed by atoms with Crippen molar-refractivity contribution in [2.45, 2.75) is 18.6 Å². The van der Waals surface area contributed by atoms with Gasteiger partial charge in [-0.2, -0.15) is 11.8 Å². The number of carbonyl (C=O) groups excluding carboxylic acids is 1. The van der Waals surface area contributed by atoms with Gasteiger partial charge in [-0.1, -0.05) is 0 Å². The molecule has 0 atom stereocenters. The van der Waals surface area contributed by atoms with Gasteiger partial charge in [0, 0.05) is 17.5 Å². The largest absolute Gasteiger partial charge is 0.478 e. The average molecular weight is 268 g/mol. The minimum absolute atomic E-state index is 0.0450. The second-order valence-electron chi connectivity index (χ2n) is 4.38. The second kappa shape index (κ2) is 5.86. The fourth-order valence-corrected chi connectivity index (χ4v) is 1.33. The third-order valence-corrected chi connectivity index (χ3v) is 3.72. The standard InChI is InChI=1S/C12H16N2O3S/c1-12(2,18-3)7-14-10(15)9-5-4-8(6-13-9)11(16)17/h4-6H,7H2,1-3H3,(H,14,15)(H,16,17). The topological polar surface area (TPSA) is 79.3 Å². The number of carboxylic acid groups (broad SMARTS) is 1. The van der Waals surface area contributed by atoms with Crippen LogP contribution < -0.4 is 5.32 Å². The minimum Gasteiger partial charge on any atom is -0.478 e. The maximum atomic E-state index is 11.8. The summed E-state index contributed by atoms with van der Waals surface area (Å²) in [5, 5.41) is 11.5. The van der Waals surface area contributed by atoms with Crippen LogP contribution in [0.3, 0.4) is 0 Å². The highest BCUT2D eigenvalue weighted by molar-refractivity contribution is 7.99. The number of carboxylic acids is 1. The van der Waals surface area contributed by atoms with Crippen molar-refractivity contribution < 1.29 is 14.7 Å². The Labute approximate surface area is 110 Å². The summed E-state index contributed by atoms with van der Waals surface area (Å²) in [6, 6.07) is 2.77. The molecule has 0 saturated carbocycles. The Morgan fingerprint density at radius 3 is 2.56 bits per heavy atom. The van der Waals surface area contributed by atoms with Crippen LogP contribution in [0.2, 0.25) is 0 Å². The van der Waals surface area contributed by atoms with E-state index >= 15 is 0 Å². The summed E-state index contributed by atoms with van der Waals surface area (Å²) in [6.45, 7) is 4.58. The van der Waals surface area contributed by atoms with Crippen molar-refractivity contribution in [2.75, 3.05) is 12.8 Å². The van der Waals surface area contributed by atoms with Gasteiger partial charge in [0.25, 0.3) is 5.91 Å². The Kier molecular flexibility index (Phi) is 4.72. The van der Waals surface area contributed by atoms with Crippen molar-refractivity contribution in [3.05, 3.63) is 29.6 Å². The van der Waals surface area contributed by atoms with Crippen LogP contribution in [0.1, 0.15) is 34.7 Å². The van der Waals surface area contributed by atoms with Gasteiger partial charge in [-0.05, 0) is 32.2 Å². The Morgan fingerprint density at radius 2 is 2.11 bits per heavy atom. The number of nitrogens with zero attached hydrogens (tertiary/aromatic N) is 1. The van der Waals surface area contributed by atoms with E-state index in [2.05, 4.69) is 10.3 Å². The summed E-state index contributed by atoms with van der Waals surface area (Å²) >= 11 is 1.66. The number of thioether (sulfide) groups is 1. The summed E-state index contributed by atoms with van der Waals surface area (Å²) in [6.07, 6.45) is 3.16. The summed E-state index contributed by atoms with van der Waals surface area (Å²) in [7, 11) is 0. The SMILES string of the molecule is CSC(C)(C)CNC(=O)c1ccc(C(=O)O)cn1. The third-order valence-electron chi connectivity index (χ3n) is 2.47. The fraction of sp³-hybridized carbons (Fsp3) is 0.417. The molecule has 98 valence electrons. The quantitative estimate of drug-likeness (QED) is 0.849. The molecule has 0 spiro atoms. The van der Waals surface area contributed by atoms with Gasteiger partial charge in [0.05, 0.1) is 5.56 Å². The van der Waals surface area contributed by atoms with Gasteiger partial charge < -0.3 is 10.4 Å². The molecule has 0 saturated heterocycles. The van der Waals surface area contributed by atoms with E-state index < -0.39 is 5.97 Å². The molecule has 5 nitrogen and oxygen atoms in total. The highest BCUT2D eigenvalue weighted by Gasteiger charge is 2.18. The highest BCUT2D eigenvalue weighted by Crippen LogP contribution is 2.19. The normalized spacial score (nSPS) is 11.1. The first-order chi connectivity index (χ1) is 8.35. The Balaban J connectivity index is 2.65. The molecule has 0 radical (unpaired) electrons. The molecule has 0 fully saturated rings. The number of rotatable bonds is 5. The van der Waals surface area contributed by atoms with Crippen molar-refractivity contribution in [2.24, 2.45) is 0 Å². The van der Waals surface area contributed by atoms with E-state index in [1.165, 1.54) is 18.3 Å². The Bertz CT molecular complexity index is 443. The lowest BCUT2D eigenvalue weighted by Crippen LogP contribution is -2.36. The maximum Gasteiger partial charge on any atom is 0.337 e. The van der Waals surface area contributed by atoms with Crippen molar-refractivity contribution in [1.29, 1.82) is 0 Å². The van der Waals surface area contributed by atoms with Crippen LogP contribution in [0.4, 0.5) is 0 Å². The van der Waals surface area contributed by atoms with Crippen molar-refractivity contribution in [3.8, 4) is 0 Å². The first-order valence-electron chi connectivity index (χ1n) is 5.38. The van der Waals surface area contributed by atoms with Gasteiger partial charge in [0.2, 0.25) is 0 Å². The third kappa shape index (κ3) is 4.03. The van der Waals surface area contributed by atoms with E-state index in [-0.39, 0.29) is 21.9 Å². The Morgan fingerprint density at radius 1 is 1.44 bits per heavy atom. The number of aromatic carboxylic acids is 1. The van der Waals surface area contributed by atoms with Gasteiger partial charge >= 0.3 is 5.97 Å². The number of hydrogen-bond donors (Lipinski definition) is 2. The second-order valence-corrected chi connectivity index (χ2v) is 5.90. The number of nitrogens with one attached hydrogen (secondary N) is 1. The lowest BCUT2D eigenvalue weighted by Gasteiger charge is -2.21. The molecule has 0 bridgehead atoms. The summed E-state index contributed by atoms with van der Waals surface area (Å²) in [4.78, 5) is 26.2. The molecule has 1 heterocycles. The van der Waals surface area contributed by atoms with Crippen LogP contribution in [-0.2, 0) is 0 Å².